The maximum Gasteiger partial charge on any atom is 0.407 e. The molecule has 4 N–H and O–H groups in total. The fourth-order valence-corrected chi connectivity index (χ4v) is 3.74. The minimum Gasteiger partial charge on any atom is -0.460 e. The molecule has 0 saturated heterocycles. The first-order valence-corrected chi connectivity index (χ1v) is 16.9. The Balaban J connectivity index is 4.96. The molecule has 0 aromatic rings. The van der Waals surface area contributed by atoms with E-state index >= 15 is 0 Å². The molecule has 16 heteroatoms. The van der Waals surface area contributed by atoms with Gasteiger partial charge in [-0.1, -0.05) is 0 Å². The van der Waals surface area contributed by atoms with Crippen molar-refractivity contribution < 1.29 is 57.2 Å². The average molecular weight is 719 g/mol. The van der Waals surface area contributed by atoms with Gasteiger partial charge in [-0.05, 0) is 95.9 Å². The highest BCUT2D eigenvalue weighted by Gasteiger charge is 2.31. The number of hydrogen-bond acceptors (Lipinski definition) is 12. The molecule has 0 rings (SSSR count). The molecule has 16 nitrogen and oxygen atoms in total. The van der Waals surface area contributed by atoms with Crippen LogP contribution in [0.3, 0.4) is 0 Å². The number of amides is 4. The lowest BCUT2D eigenvalue weighted by Gasteiger charge is -2.27. The molecule has 0 fully saturated rings. The first kappa shape index (κ1) is 46.3. The summed E-state index contributed by atoms with van der Waals surface area (Å²) in [6.07, 6.45) is -1.05. The highest BCUT2D eigenvalue weighted by Crippen LogP contribution is 2.15. The van der Waals surface area contributed by atoms with E-state index < -0.39 is 70.4 Å². The van der Waals surface area contributed by atoms with Gasteiger partial charge in [-0.2, -0.15) is 0 Å². The number of esters is 3. The number of carbonyl (C=O) groups is 6. The minimum absolute atomic E-state index is 0.102. The third kappa shape index (κ3) is 27.2. The molecule has 0 aromatic heterocycles. The predicted molar refractivity (Wildman–Crippen MR) is 184 cm³/mol. The van der Waals surface area contributed by atoms with Crippen molar-refractivity contribution in [2.24, 2.45) is 0 Å². The van der Waals surface area contributed by atoms with Crippen LogP contribution in [0.2, 0.25) is 0 Å². The topological polar surface area (TPSA) is 206 Å². The van der Waals surface area contributed by atoms with Crippen molar-refractivity contribution >= 4 is 35.9 Å². The van der Waals surface area contributed by atoms with Crippen LogP contribution in [0.25, 0.3) is 0 Å². The van der Waals surface area contributed by atoms with E-state index in [-0.39, 0.29) is 65.2 Å². The Bertz CT molecular complexity index is 1100. The fraction of sp³-hybridized carbons (Fsp3) is 0.824. The van der Waals surface area contributed by atoms with Crippen LogP contribution in [0, 0.1) is 0 Å². The Morgan fingerprint density at radius 1 is 0.500 bits per heavy atom. The second kappa shape index (κ2) is 21.5. The molecule has 2 atom stereocenters. The quantitative estimate of drug-likeness (QED) is 0.0863. The summed E-state index contributed by atoms with van der Waals surface area (Å²) in [5.41, 5.74) is -3.06. The van der Waals surface area contributed by atoms with Gasteiger partial charge in [-0.15, -0.1) is 0 Å². The van der Waals surface area contributed by atoms with Crippen LogP contribution in [0.5, 0.6) is 0 Å². The Kier molecular flexibility index (Phi) is 20.0. The number of carbonyl (C=O) groups excluding carboxylic acids is 6. The van der Waals surface area contributed by atoms with Gasteiger partial charge in [0.2, 0.25) is 5.91 Å². The highest BCUT2D eigenvalue weighted by molar-refractivity contribution is 5.88. The van der Waals surface area contributed by atoms with E-state index in [9.17, 15) is 28.8 Å². The van der Waals surface area contributed by atoms with Crippen molar-refractivity contribution in [1.82, 2.24) is 21.3 Å². The molecule has 0 aliphatic heterocycles. The number of nitrogens with one attached hydrogen (secondary N) is 4. The summed E-state index contributed by atoms with van der Waals surface area (Å²) in [4.78, 5) is 75.3. The lowest BCUT2D eigenvalue weighted by Crippen LogP contribution is -2.53. The Labute approximate surface area is 297 Å². The van der Waals surface area contributed by atoms with E-state index in [0.29, 0.717) is 0 Å². The van der Waals surface area contributed by atoms with Crippen molar-refractivity contribution in [2.75, 3.05) is 39.5 Å². The van der Waals surface area contributed by atoms with Gasteiger partial charge in [0.1, 0.15) is 34.5 Å². The van der Waals surface area contributed by atoms with Crippen molar-refractivity contribution in [2.45, 2.75) is 143 Å². The maximum atomic E-state index is 13.1. The lowest BCUT2D eigenvalue weighted by molar-refractivity contribution is -0.159. The van der Waals surface area contributed by atoms with Gasteiger partial charge in [0, 0.05) is 25.9 Å². The summed E-state index contributed by atoms with van der Waals surface area (Å²) in [5.74, 6) is -2.49. The third-order valence-electron chi connectivity index (χ3n) is 5.57. The molecule has 0 saturated carbocycles. The number of hydrogen-bond donors (Lipinski definition) is 4. The summed E-state index contributed by atoms with van der Waals surface area (Å²) < 4.78 is 32.1. The van der Waals surface area contributed by atoms with Crippen LogP contribution in [0.1, 0.15) is 109 Å². The van der Waals surface area contributed by atoms with Crippen LogP contribution in [0.4, 0.5) is 9.59 Å². The van der Waals surface area contributed by atoms with Gasteiger partial charge < -0.3 is 49.7 Å². The first-order valence-electron chi connectivity index (χ1n) is 16.9. The highest BCUT2D eigenvalue weighted by atomic mass is 16.6. The number of rotatable bonds is 19. The standard InChI is InChI=1S/C34H62N4O12/c1-31(2,3)47-26(40)16-14-24(28(42)49-33(7,8)9)38-29(43)37-23(27(41)48-32(4,5)6)13-15-25(39)35-17-19-45-21-22-46-20-18-36-30(44)50-34(10,11)12/h23-24H,13-22H2,1-12H3,(H,35,39)(H,36,44)(H2,37,38,43)/t23-,24-/m0/s1. The van der Waals surface area contributed by atoms with Crippen LogP contribution >= 0.6 is 0 Å². The molecular formula is C34H62N4O12. The summed E-state index contributed by atoms with van der Waals surface area (Å²) in [6, 6.07) is -3.36. The minimum atomic E-state index is -1.23. The zero-order valence-corrected chi connectivity index (χ0v) is 32.1. The predicted octanol–water partition coefficient (Wildman–Crippen LogP) is 3.28. The third-order valence-corrected chi connectivity index (χ3v) is 5.57. The Morgan fingerprint density at radius 3 is 1.32 bits per heavy atom. The van der Waals surface area contributed by atoms with Crippen molar-refractivity contribution in [3.8, 4) is 0 Å². The molecule has 0 heterocycles. The zero-order chi connectivity index (χ0) is 38.8. The summed E-state index contributed by atoms with van der Waals surface area (Å²) in [5, 5.41) is 10.2. The zero-order valence-electron chi connectivity index (χ0n) is 32.1. The van der Waals surface area contributed by atoms with Gasteiger partial charge in [0.05, 0.1) is 26.4 Å². The second-order valence-electron chi connectivity index (χ2n) is 15.5. The second-order valence-corrected chi connectivity index (χ2v) is 15.5. The first-order chi connectivity index (χ1) is 22.8. The monoisotopic (exact) mass is 718 g/mol. The van der Waals surface area contributed by atoms with E-state index in [2.05, 4.69) is 21.3 Å². The molecule has 290 valence electrons. The van der Waals surface area contributed by atoms with Gasteiger partial charge in [0.15, 0.2) is 0 Å². The van der Waals surface area contributed by atoms with Crippen molar-refractivity contribution in [3.05, 3.63) is 0 Å². The average Bonchev–Trinajstić information content (AvgIpc) is 2.90. The molecule has 4 amide bonds. The number of urea groups is 1. The van der Waals surface area contributed by atoms with E-state index in [1.54, 1.807) is 83.1 Å². The van der Waals surface area contributed by atoms with Crippen molar-refractivity contribution in [3.63, 3.8) is 0 Å². The van der Waals surface area contributed by atoms with Crippen LogP contribution < -0.4 is 21.3 Å². The molecule has 0 spiro atoms. The normalized spacial score (nSPS) is 13.3. The van der Waals surface area contributed by atoms with Crippen LogP contribution in [-0.4, -0.2) is 110 Å². The van der Waals surface area contributed by atoms with Crippen LogP contribution in [-0.2, 0) is 47.6 Å². The van der Waals surface area contributed by atoms with Gasteiger partial charge in [0.25, 0.3) is 0 Å². The van der Waals surface area contributed by atoms with Gasteiger partial charge in [-0.3, -0.25) is 9.59 Å². The summed E-state index contributed by atoms with van der Waals surface area (Å²) >= 11 is 0. The molecule has 0 aliphatic carbocycles. The Morgan fingerprint density at radius 2 is 0.900 bits per heavy atom. The molecule has 0 unspecified atom stereocenters. The number of alkyl carbamates (subject to hydrolysis) is 1. The molecule has 0 aromatic carbocycles. The maximum absolute atomic E-state index is 13.1. The van der Waals surface area contributed by atoms with E-state index in [0.717, 1.165) is 0 Å². The smallest absolute Gasteiger partial charge is 0.407 e. The van der Waals surface area contributed by atoms with E-state index in [1.165, 1.54) is 0 Å². The number of ether oxygens (including phenoxy) is 6. The molecule has 0 bridgehead atoms. The van der Waals surface area contributed by atoms with Crippen molar-refractivity contribution in [1.29, 1.82) is 0 Å². The van der Waals surface area contributed by atoms with E-state index in [4.69, 9.17) is 28.4 Å². The summed E-state index contributed by atoms with van der Waals surface area (Å²) in [7, 11) is 0. The fourth-order valence-electron chi connectivity index (χ4n) is 3.74. The molecule has 0 radical (unpaired) electrons. The molecular weight excluding hydrogens is 656 g/mol. The Hall–Kier alpha value is -3.66. The SMILES string of the molecule is CC(C)(C)OC(=O)CC[C@H](NC(=O)N[C@@H](CCC(=O)NCCOCCOCCNC(=O)OC(C)(C)C)C(=O)OC(C)(C)C)C(=O)OC(C)(C)C. The summed E-state index contributed by atoms with van der Waals surface area (Å²) in [6.45, 7) is 21.9. The van der Waals surface area contributed by atoms with Gasteiger partial charge in [-0.25, -0.2) is 19.2 Å². The largest absolute Gasteiger partial charge is 0.460 e. The van der Waals surface area contributed by atoms with E-state index in [1.807, 2.05) is 0 Å². The van der Waals surface area contributed by atoms with Crippen LogP contribution in [0.15, 0.2) is 0 Å². The van der Waals surface area contributed by atoms with Gasteiger partial charge >= 0.3 is 30.0 Å². The molecule has 50 heavy (non-hydrogen) atoms. The molecule has 0 aliphatic rings. The lowest BCUT2D eigenvalue weighted by atomic mass is 10.1.